The first-order valence-electron chi connectivity index (χ1n) is 6.06. The smallest absolute Gasteiger partial charge is 0.0522 e. The second kappa shape index (κ2) is 5.67. The average molecular weight is 271 g/mol. The molecule has 0 amide bonds. The molecular formula is C12H21N3S2. The van der Waals surface area contributed by atoms with Gasteiger partial charge in [0.1, 0.15) is 0 Å². The average Bonchev–Trinajstić information content (AvgIpc) is 2.68. The second-order valence-electron chi connectivity index (χ2n) is 4.81. The molecule has 5 heteroatoms. The molecule has 2 rings (SSSR count). The van der Waals surface area contributed by atoms with E-state index in [0.29, 0.717) is 10.5 Å². The summed E-state index contributed by atoms with van der Waals surface area (Å²) in [7, 11) is 1.95. The summed E-state index contributed by atoms with van der Waals surface area (Å²) >= 11 is 4.11. The fourth-order valence-corrected chi connectivity index (χ4v) is 5.07. The van der Waals surface area contributed by atoms with Crippen molar-refractivity contribution in [2.24, 2.45) is 12.8 Å². The Morgan fingerprint density at radius 2 is 2.29 bits per heavy atom. The van der Waals surface area contributed by atoms with Crippen molar-refractivity contribution >= 4 is 23.5 Å². The molecule has 4 unspecified atom stereocenters. The van der Waals surface area contributed by atoms with Gasteiger partial charge in [-0.2, -0.15) is 28.6 Å². The molecule has 1 fully saturated rings. The first-order valence-corrected chi connectivity index (χ1v) is 8.05. The maximum atomic E-state index is 6.33. The molecule has 0 radical (unpaired) electrons. The van der Waals surface area contributed by atoms with Gasteiger partial charge in [0.25, 0.3) is 0 Å². The summed E-state index contributed by atoms with van der Waals surface area (Å²) in [5, 5.41) is 6.23. The minimum atomic E-state index is 0.242. The van der Waals surface area contributed by atoms with Crippen molar-refractivity contribution in [3.8, 4) is 0 Å². The monoisotopic (exact) mass is 271 g/mol. The zero-order valence-corrected chi connectivity index (χ0v) is 12.3. The minimum Gasteiger partial charge on any atom is -0.326 e. The van der Waals surface area contributed by atoms with Crippen LogP contribution in [-0.2, 0) is 13.5 Å². The Morgan fingerprint density at radius 1 is 1.53 bits per heavy atom. The number of aryl methyl sites for hydroxylation is 1. The van der Waals surface area contributed by atoms with Gasteiger partial charge in [-0.1, -0.05) is 13.8 Å². The van der Waals surface area contributed by atoms with Crippen LogP contribution in [0.5, 0.6) is 0 Å². The summed E-state index contributed by atoms with van der Waals surface area (Å²) in [4.78, 5) is 0. The highest BCUT2D eigenvalue weighted by atomic mass is 32.2. The van der Waals surface area contributed by atoms with E-state index in [1.54, 1.807) is 0 Å². The Balaban J connectivity index is 1.90. The molecule has 0 aromatic carbocycles. The molecule has 2 heterocycles. The molecule has 2 N–H and O–H groups in total. The second-order valence-corrected chi connectivity index (χ2v) is 7.84. The third-order valence-corrected chi connectivity index (χ3v) is 6.85. The number of nitrogens with zero attached hydrogens (tertiary/aromatic N) is 2. The predicted octanol–water partition coefficient (Wildman–Crippen LogP) is 1.92. The van der Waals surface area contributed by atoms with Crippen molar-refractivity contribution in [2.45, 2.75) is 42.1 Å². The van der Waals surface area contributed by atoms with Crippen LogP contribution in [0.3, 0.4) is 0 Å². The summed E-state index contributed by atoms with van der Waals surface area (Å²) in [6, 6.07) is 0.242. The van der Waals surface area contributed by atoms with Crippen LogP contribution in [0.15, 0.2) is 12.4 Å². The van der Waals surface area contributed by atoms with Crippen molar-refractivity contribution < 1.29 is 0 Å². The zero-order valence-electron chi connectivity index (χ0n) is 10.7. The molecule has 0 saturated carbocycles. The standard InChI is InChI=1S/C12H21N3S2/c1-8-9(2)17-12(7-16-8)11(13)4-10-5-14-15(3)6-10/h5-6,8-9,11-12H,4,7,13H2,1-3H3. The Labute approximate surface area is 112 Å². The van der Waals surface area contributed by atoms with E-state index >= 15 is 0 Å². The molecule has 1 saturated heterocycles. The topological polar surface area (TPSA) is 43.8 Å². The lowest BCUT2D eigenvalue weighted by atomic mass is 10.1. The third kappa shape index (κ3) is 3.42. The van der Waals surface area contributed by atoms with Gasteiger partial charge >= 0.3 is 0 Å². The van der Waals surface area contributed by atoms with Crippen LogP contribution in [0.2, 0.25) is 0 Å². The summed E-state index contributed by atoms with van der Waals surface area (Å²) in [5.74, 6) is 1.18. The highest BCUT2D eigenvalue weighted by molar-refractivity contribution is 8.07. The van der Waals surface area contributed by atoms with Gasteiger partial charge in [0.2, 0.25) is 0 Å². The first kappa shape index (κ1) is 13.3. The van der Waals surface area contributed by atoms with Crippen molar-refractivity contribution in [3.05, 3.63) is 18.0 Å². The molecule has 0 bridgehead atoms. The summed E-state index contributed by atoms with van der Waals surface area (Å²) < 4.78 is 1.84. The van der Waals surface area contributed by atoms with Crippen LogP contribution in [0.1, 0.15) is 19.4 Å². The molecule has 1 aromatic rings. The fraction of sp³-hybridized carbons (Fsp3) is 0.750. The maximum absolute atomic E-state index is 6.33. The van der Waals surface area contributed by atoms with E-state index in [0.717, 1.165) is 11.7 Å². The van der Waals surface area contributed by atoms with Gasteiger partial charge in [-0.3, -0.25) is 4.68 Å². The summed E-state index contributed by atoms with van der Waals surface area (Å²) in [5.41, 5.74) is 7.57. The van der Waals surface area contributed by atoms with E-state index in [2.05, 4.69) is 48.7 Å². The quantitative estimate of drug-likeness (QED) is 0.912. The van der Waals surface area contributed by atoms with Gasteiger partial charge in [-0.25, -0.2) is 0 Å². The predicted molar refractivity (Wildman–Crippen MR) is 77.6 cm³/mol. The molecule has 1 aliphatic heterocycles. The molecule has 0 aliphatic carbocycles. The minimum absolute atomic E-state index is 0.242. The van der Waals surface area contributed by atoms with Crippen molar-refractivity contribution in [3.63, 3.8) is 0 Å². The van der Waals surface area contributed by atoms with Crippen LogP contribution < -0.4 is 5.73 Å². The van der Waals surface area contributed by atoms with Crippen LogP contribution in [0.4, 0.5) is 0 Å². The third-order valence-electron chi connectivity index (χ3n) is 3.28. The fourth-order valence-electron chi connectivity index (χ4n) is 2.01. The van der Waals surface area contributed by atoms with Gasteiger partial charge in [0.05, 0.1) is 6.20 Å². The molecule has 96 valence electrons. The lowest BCUT2D eigenvalue weighted by Gasteiger charge is -2.34. The lowest BCUT2D eigenvalue weighted by molar-refractivity contribution is 0.656. The highest BCUT2D eigenvalue weighted by Gasteiger charge is 2.29. The largest absolute Gasteiger partial charge is 0.326 e. The van der Waals surface area contributed by atoms with Crippen LogP contribution >= 0.6 is 23.5 Å². The zero-order chi connectivity index (χ0) is 12.4. The Morgan fingerprint density at radius 3 is 2.88 bits per heavy atom. The highest BCUT2D eigenvalue weighted by Crippen LogP contribution is 2.37. The molecular weight excluding hydrogens is 250 g/mol. The molecule has 17 heavy (non-hydrogen) atoms. The Bertz CT molecular complexity index is 366. The van der Waals surface area contributed by atoms with E-state index in [9.17, 15) is 0 Å². The number of thioether (sulfide) groups is 2. The van der Waals surface area contributed by atoms with Crippen molar-refractivity contribution in [2.75, 3.05) is 5.75 Å². The van der Waals surface area contributed by atoms with E-state index in [1.807, 2.05) is 17.9 Å². The maximum Gasteiger partial charge on any atom is 0.0522 e. The SMILES string of the molecule is CC1SCC(C(N)Cc2cnn(C)c2)SC1C. The number of hydrogen-bond acceptors (Lipinski definition) is 4. The molecule has 1 aliphatic rings. The van der Waals surface area contributed by atoms with Crippen LogP contribution in [0.25, 0.3) is 0 Å². The van der Waals surface area contributed by atoms with Gasteiger partial charge in [0.15, 0.2) is 0 Å². The van der Waals surface area contributed by atoms with Crippen molar-refractivity contribution in [1.82, 2.24) is 9.78 Å². The van der Waals surface area contributed by atoms with E-state index in [-0.39, 0.29) is 6.04 Å². The Hall–Kier alpha value is -0.130. The van der Waals surface area contributed by atoms with E-state index in [1.165, 1.54) is 11.3 Å². The molecule has 1 aromatic heterocycles. The summed E-state index contributed by atoms with van der Waals surface area (Å²) in [6.07, 6.45) is 4.92. The van der Waals surface area contributed by atoms with Crippen LogP contribution in [0, 0.1) is 0 Å². The molecule has 3 nitrogen and oxygen atoms in total. The van der Waals surface area contributed by atoms with E-state index < -0.39 is 0 Å². The van der Waals surface area contributed by atoms with E-state index in [4.69, 9.17) is 5.73 Å². The van der Waals surface area contributed by atoms with Crippen molar-refractivity contribution in [1.29, 1.82) is 0 Å². The first-order chi connectivity index (χ1) is 8.06. The Kier molecular flexibility index (Phi) is 4.44. The summed E-state index contributed by atoms with van der Waals surface area (Å²) in [6.45, 7) is 4.62. The number of nitrogens with two attached hydrogens (primary N) is 1. The van der Waals surface area contributed by atoms with Gasteiger partial charge < -0.3 is 5.73 Å². The number of aromatic nitrogens is 2. The van der Waals surface area contributed by atoms with Crippen LogP contribution in [-0.4, -0.2) is 37.3 Å². The van der Waals surface area contributed by atoms with Gasteiger partial charge in [-0.05, 0) is 12.0 Å². The van der Waals surface area contributed by atoms with Gasteiger partial charge in [0, 0.05) is 40.8 Å². The molecule has 0 spiro atoms. The number of rotatable bonds is 3. The van der Waals surface area contributed by atoms with Gasteiger partial charge in [-0.15, -0.1) is 0 Å². The molecule has 4 atom stereocenters. The normalized spacial score (nSPS) is 31.4. The lowest BCUT2D eigenvalue weighted by Crippen LogP contribution is -2.41. The number of hydrogen-bond donors (Lipinski definition) is 1.